The van der Waals surface area contributed by atoms with Gasteiger partial charge in [-0.3, -0.25) is 4.21 Å². The molecule has 1 heterocycles. The van der Waals surface area contributed by atoms with Crippen molar-refractivity contribution >= 4 is 10.8 Å². The van der Waals surface area contributed by atoms with Crippen molar-refractivity contribution in [3.05, 3.63) is 35.5 Å². The minimum atomic E-state index is -2.94. The van der Waals surface area contributed by atoms with Crippen molar-refractivity contribution in [2.45, 2.75) is 31.5 Å². The minimum Gasteiger partial charge on any atom is -0.493 e. The van der Waals surface area contributed by atoms with E-state index >= 15 is 0 Å². The molecule has 6 nitrogen and oxygen atoms in total. The lowest BCUT2D eigenvalue weighted by molar-refractivity contribution is -0.0512. The summed E-state index contributed by atoms with van der Waals surface area (Å²) >= 11 is 0. The average molecular weight is 346 g/mol. The second-order valence-electron chi connectivity index (χ2n) is 4.71. The van der Waals surface area contributed by atoms with Crippen LogP contribution >= 0.6 is 0 Å². The predicted molar refractivity (Wildman–Crippen MR) is 78.9 cm³/mol. The van der Waals surface area contributed by atoms with E-state index in [4.69, 9.17) is 9.26 Å². The Labute approximate surface area is 134 Å². The first-order valence-corrected chi connectivity index (χ1v) is 8.08. The molecule has 23 heavy (non-hydrogen) atoms. The van der Waals surface area contributed by atoms with E-state index in [9.17, 15) is 13.0 Å². The van der Waals surface area contributed by atoms with E-state index in [-0.39, 0.29) is 17.3 Å². The fourth-order valence-corrected chi connectivity index (χ4v) is 2.95. The highest BCUT2D eigenvalue weighted by molar-refractivity contribution is 7.84. The van der Waals surface area contributed by atoms with Crippen molar-refractivity contribution in [1.29, 1.82) is 0 Å². The lowest BCUT2D eigenvalue weighted by atomic mass is 10.2. The topological polar surface area (TPSA) is 74.5 Å². The van der Waals surface area contributed by atoms with Crippen molar-refractivity contribution in [3.63, 3.8) is 0 Å². The Hall–Kier alpha value is -2.03. The molecule has 0 aliphatic carbocycles. The lowest BCUT2D eigenvalue weighted by Crippen LogP contribution is -2.07. The summed E-state index contributed by atoms with van der Waals surface area (Å²) in [5.41, 5.74) is 0.657. The van der Waals surface area contributed by atoms with Crippen molar-refractivity contribution in [3.8, 4) is 11.5 Å². The lowest BCUT2D eigenvalue weighted by Gasteiger charge is -2.12. The number of ether oxygens (including phenoxy) is 2. The molecule has 0 saturated carbocycles. The largest absolute Gasteiger partial charge is 0.493 e. The number of hydrogen-bond acceptors (Lipinski definition) is 6. The van der Waals surface area contributed by atoms with E-state index in [0.29, 0.717) is 17.3 Å². The van der Waals surface area contributed by atoms with Crippen LogP contribution in [0.4, 0.5) is 8.78 Å². The maximum atomic E-state index is 12.4. The van der Waals surface area contributed by atoms with Gasteiger partial charge in [0.1, 0.15) is 5.25 Å². The van der Waals surface area contributed by atoms with Crippen molar-refractivity contribution in [1.82, 2.24) is 10.1 Å². The molecule has 1 aromatic carbocycles. The number of benzene rings is 1. The van der Waals surface area contributed by atoms with E-state index in [1.165, 1.54) is 19.2 Å². The van der Waals surface area contributed by atoms with Crippen LogP contribution in [0.1, 0.15) is 29.5 Å². The predicted octanol–water partition coefficient (Wildman–Crippen LogP) is 3.00. The van der Waals surface area contributed by atoms with Crippen LogP contribution < -0.4 is 9.47 Å². The Morgan fingerprint density at radius 3 is 2.65 bits per heavy atom. The second-order valence-corrected chi connectivity index (χ2v) is 6.47. The molecule has 0 aliphatic heterocycles. The molecule has 1 aromatic heterocycles. The summed E-state index contributed by atoms with van der Waals surface area (Å²) in [7, 11) is 0.0237. The van der Waals surface area contributed by atoms with Gasteiger partial charge in [0.2, 0.25) is 5.89 Å². The molecule has 0 aliphatic rings. The molecule has 2 aromatic rings. The number of aryl methyl sites for hydroxylation is 1. The van der Waals surface area contributed by atoms with Gasteiger partial charge < -0.3 is 14.0 Å². The van der Waals surface area contributed by atoms with Crippen LogP contribution in [0.3, 0.4) is 0 Å². The van der Waals surface area contributed by atoms with E-state index in [2.05, 4.69) is 14.9 Å². The first kappa shape index (κ1) is 17.3. The van der Waals surface area contributed by atoms with Gasteiger partial charge in [0.05, 0.1) is 7.11 Å². The van der Waals surface area contributed by atoms with Crippen LogP contribution in [-0.2, 0) is 16.6 Å². The van der Waals surface area contributed by atoms with Crippen molar-refractivity contribution in [2.24, 2.45) is 0 Å². The molecule has 0 N–H and O–H groups in total. The zero-order chi connectivity index (χ0) is 17.0. The Morgan fingerprint density at radius 2 is 2.09 bits per heavy atom. The Bertz CT molecular complexity index is 693. The van der Waals surface area contributed by atoms with Gasteiger partial charge >= 0.3 is 6.61 Å². The van der Waals surface area contributed by atoms with Gasteiger partial charge in [0, 0.05) is 16.6 Å². The maximum Gasteiger partial charge on any atom is 0.387 e. The molecule has 2 atom stereocenters. The fraction of sp³-hybridized carbons (Fsp3) is 0.429. The summed E-state index contributed by atoms with van der Waals surface area (Å²) in [4.78, 5) is 4.05. The summed E-state index contributed by atoms with van der Waals surface area (Å²) in [6.45, 7) is 0.453. The van der Waals surface area contributed by atoms with Gasteiger partial charge in [-0.25, -0.2) is 0 Å². The third kappa shape index (κ3) is 4.47. The van der Waals surface area contributed by atoms with Gasteiger partial charge in [0.25, 0.3) is 0 Å². The molecule has 0 bridgehead atoms. The number of hydrogen-bond donors (Lipinski definition) is 0. The molecule has 0 saturated heterocycles. The highest BCUT2D eigenvalue weighted by Gasteiger charge is 2.21. The zero-order valence-corrected chi connectivity index (χ0v) is 13.6. The van der Waals surface area contributed by atoms with Crippen LogP contribution in [0, 0.1) is 6.92 Å². The van der Waals surface area contributed by atoms with Crippen LogP contribution in [0.5, 0.6) is 11.5 Å². The molecule has 0 amide bonds. The van der Waals surface area contributed by atoms with Crippen molar-refractivity contribution < 1.29 is 27.0 Å². The molecular formula is C14H16F2N2O4S. The SMILES string of the molecule is COc1cc(C[S@](=O)[C@@H](C)c2nc(C)no2)ccc1OC(F)F. The molecule has 0 spiro atoms. The van der Waals surface area contributed by atoms with Gasteiger partial charge in [-0.15, -0.1) is 0 Å². The zero-order valence-electron chi connectivity index (χ0n) is 12.8. The van der Waals surface area contributed by atoms with Gasteiger partial charge in [-0.1, -0.05) is 11.2 Å². The Kier molecular flexibility index (Phi) is 5.64. The van der Waals surface area contributed by atoms with Crippen LogP contribution in [-0.4, -0.2) is 28.1 Å². The molecule has 0 unspecified atom stereocenters. The number of rotatable bonds is 7. The fourth-order valence-electron chi connectivity index (χ4n) is 1.88. The first-order valence-electron chi connectivity index (χ1n) is 6.69. The third-order valence-electron chi connectivity index (χ3n) is 3.04. The minimum absolute atomic E-state index is 0.0717. The van der Waals surface area contributed by atoms with E-state index in [0.717, 1.165) is 0 Å². The third-order valence-corrected chi connectivity index (χ3v) is 4.65. The molecule has 126 valence electrons. The Balaban J connectivity index is 2.11. The number of nitrogens with zero attached hydrogens (tertiary/aromatic N) is 2. The molecule has 2 rings (SSSR count). The summed E-state index contributed by atoms with van der Waals surface area (Å²) in [6, 6.07) is 4.43. The first-order chi connectivity index (χ1) is 10.9. The normalized spacial score (nSPS) is 13.8. The highest BCUT2D eigenvalue weighted by Crippen LogP contribution is 2.30. The number of methoxy groups -OCH3 is 1. The van der Waals surface area contributed by atoms with E-state index in [1.54, 1.807) is 19.9 Å². The smallest absolute Gasteiger partial charge is 0.387 e. The van der Waals surface area contributed by atoms with E-state index in [1.807, 2.05) is 0 Å². The van der Waals surface area contributed by atoms with Gasteiger partial charge in [-0.05, 0) is 31.5 Å². The summed E-state index contributed by atoms with van der Waals surface area (Å²) in [5, 5.41) is 3.22. The summed E-state index contributed by atoms with van der Waals surface area (Å²) < 4.78 is 51.3. The highest BCUT2D eigenvalue weighted by atomic mass is 32.2. The van der Waals surface area contributed by atoms with Crippen LogP contribution in [0.25, 0.3) is 0 Å². The molecule has 9 heteroatoms. The van der Waals surface area contributed by atoms with Crippen LogP contribution in [0.15, 0.2) is 22.7 Å². The van der Waals surface area contributed by atoms with Crippen LogP contribution in [0.2, 0.25) is 0 Å². The molecule has 0 fully saturated rings. The number of aromatic nitrogens is 2. The van der Waals surface area contributed by atoms with E-state index < -0.39 is 22.7 Å². The van der Waals surface area contributed by atoms with Gasteiger partial charge in [-0.2, -0.15) is 13.8 Å². The quantitative estimate of drug-likeness (QED) is 0.767. The Morgan fingerprint density at radius 1 is 1.35 bits per heavy atom. The molecule has 0 radical (unpaired) electrons. The van der Waals surface area contributed by atoms with Crippen molar-refractivity contribution in [2.75, 3.05) is 7.11 Å². The van der Waals surface area contributed by atoms with Gasteiger partial charge in [0.15, 0.2) is 17.3 Å². The average Bonchev–Trinajstić information content (AvgIpc) is 2.93. The summed E-state index contributed by atoms with van der Waals surface area (Å²) in [6.07, 6.45) is 0. The number of halogens is 2. The number of alkyl halides is 2. The standard InChI is InChI=1S/C14H16F2N2O4S/c1-8(13-17-9(2)18-22-13)23(19)7-10-4-5-11(21-14(15)16)12(6-10)20-3/h4-6,8,14H,7H2,1-3H3/t8-,23-/m0/s1. The maximum absolute atomic E-state index is 12.4. The molecular weight excluding hydrogens is 330 g/mol. The second kappa shape index (κ2) is 7.49. The monoisotopic (exact) mass is 346 g/mol. The summed E-state index contributed by atoms with van der Waals surface area (Å²) in [5.74, 6) is 1.04.